The predicted octanol–water partition coefficient (Wildman–Crippen LogP) is 4.78. The van der Waals surface area contributed by atoms with Gasteiger partial charge in [0, 0.05) is 17.7 Å². The molecule has 0 saturated carbocycles. The zero-order valence-corrected chi connectivity index (χ0v) is 16.7. The first-order chi connectivity index (χ1) is 13.9. The molecular formula is C21H19F2N3O2S. The molecule has 1 atom stereocenters. The minimum Gasteiger partial charge on any atom is -0.497 e. The average molecular weight is 415 g/mol. The Bertz CT molecular complexity index is 1030. The molecule has 2 aromatic carbocycles. The molecule has 1 aromatic heterocycles. The maximum atomic E-state index is 13.5. The number of thioether (sulfide) groups is 1. The van der Waals surface area contributed by atoms with Crippen LogP contribution in [0, 0.1) is 11.6 Å². The van der Waals surface area contributed by atoms with Crippen molar-refractivity contribution in [3.8, 4) is 17.1 Å². The highest BCUT2D eigenvalue weighted by Gasteiger charge is 2.22. The van der Waals surface area contributed by atoms with Crippen molar-refractivity contribution in [1.29, 1.82) is 0 Å². The van der Waals surface area contributed by atoms with Crippen LogP contribution in [0.4, 0.5) is 8.78 Å². The summed E-state index contributed by atoms with van der Waals surface area (Å²) in [6.45, 7) is 5.90. The Kier molecular flexibility index (Phi) is 6.43. The number of Topliss-reactive ketones (excluding diaryl/α,β-unsaturated/α-hetero) is 1. The standard InChI is InChI=1S/C21H19F2N3O2S/c1-4-11-26-20(14-5-8-16(28-3)9-6-14)24-25-21(26)29-13(2)19(27)15-7-10-17(22)18(23)12-15/h4-10,12-13H,1,11H2,2-3H3. The van der Waals surface area contributed by atoms with Crippen molar-refractivity contribution in [2.75, 3.05) is 7.11 Å². The molecule has 0 aliphatic heterocycles. The summed E-state index contributed by atoms with van der Waals surface area (Å²) in [7, 11) is 1.59. The van der Waals surface area contributed by atoms with Gasteiger partial charge < -0.3 is 4.74 Å². The van der Waals surface area contributed by atoms with E-state index < -0.39 is 16.9 Å². The van der Waals surface area contributed by atoms with Crippen LogP contribution in [0.3, 0.4) is 0 Å². The lowest BCUT2D eigenvalue weighted by Gasteiger charge is -2.12. The van der Waals surface area contributed by atoms with Crippen molar-refractivity contribution < 1.29 is 18.3 Å². The van der Waals surface area contributed by atoms with Gasteiger partial charge in [0.05, 0.1) is 12.4 Å². The molecule has 0 radical (unpaired) electrons. The van der Waals surface area contributed by atoms with Gasteiger partial charge >= 0.3 is 0 Å². The smallest absolute Gasteiger partial charge is 0.192 e. The molecule has 150 valence electrons. The summed E-state index contributed by atoms with van der Waals surface area (Å²) in [5, 5.41) is 8.42. The number of rotatable bonds is 8. The van der Waals surface area contributed by atoms with Crippen LogP contribution in [-0.4, -0.2) is 32.9 Å². The lowest BCUT2D eigenvalue weighted by atomic mass is 10.1. The molecule has 1 unspecified atom stereocenters. The van der Waals surface area contributed by atoms with E-state index in [4.69, 9.17) is 4.74 Å². The molecular weight excluding hydrogens is 396 g/mol. The zero-order valence-electron chi connectivity index (χ0n) is 15.9. The zero-order chi connectivity index (χ0) is 21.0. The topological polar surface area (TPSA) is 57.0 Å². The highest BCUT2D eigenvalue weighted by Crippen LogP contribution is 2.29. The van der Waals surface area contributed by atoms with Crippen molar-refractivity contribution in [3.05, 3.63) is 72.3 Å². The van der Waals surface area contributed by atoms with Crippen LogP contribution < -0.4 is 4.74 Å². The van der Waals surface area contributed by atoms with Gasteiger partial charge in [0.15, 0.2) is 28.4 Å². The van der Waals surface area contributed by atoms with Crippen LogP contribution >= 0.6 is 11.8 Å². The minimum absolute atomic E-state index is 0.106. The Labute approximate surface area is 171 Å². The van der Waals surface area contributed by atoms with Gasteiger partial charge in [0.2, 0.25) is 0 Å². The first-order valence-electron chi connectivity index (χ1n) is 8.79. The molecule has 0 amide bonds. The summed E-state index contributed by atoms with van der Waals surface area (Å²) in [4.78, 5) is 12.6. The molecule has 0 N–H and O–H groups in total. The highest BCUT2D eigenvalue weighted by atomic mass is 32.2. The van der Waals surface area contributed by atoms with Crippen molar-refractivity contribution in [1.82, 2.24) is 14.8 Å². The summed E-state index contributed by atoms with van der Waals surface area (Å²) < 4.78 is 33.6. The Hall–Kier alpha value is -3.00. The molecule has 3 aromatic rings. The third kappa shape index (κ3) is 4.54. The van der Waals surface area contributed by atoms with E-state index in [1.807, 2.05) is 28.8 Å². The predicted molar refractivity (Wildman–Crippen MR) is 108 cm³/mol. The number of aromatic nitrogens is 3. The number of ether oxygens (including phenoxy) is 1. The number of carbonyl (C=O) groups excluding carboxylic acids is 1. The maximum Gasteiger partial charge on any atom is 0.192 e. The molecule has 0 aliphatic carbocycles. The third-order valence-electron chi connectivity index (χ3n) is 4.23. The van der Waals surface area contributed by atoms with Gasteiger partial charge in [0.25, 0.3) is 0 Å². The molecule has 0 saturated heterocycles. The van der Waals surface area contributed by atoms with E-state index in [2.05, 4.69) is 16.8 Å². The molecule has 3 rings (SSSR count). The number of hydrogen-bond acceptors (Lipinski definition) is 5. The quantitative estimate of drug-likeness (QED) is 0.301. The van der Waals surface area contributed by atoms with E-state index >= 15 is 0 Å². The summed E-state index contributed by atoms with van der Waals surface area (Å²) in [6.07, 6.45) is 1.71. The normalized spacial score (nSPS) is 11.9. The number of halogens is 2. The fourth-order valence-electron chi connectivity index (χ4n) is 2.72. The van der Waals surface area contributed by atoms with Gasteiger partial charge in [-0.1, -0.05) is 17.8 Å². The largest absolute Gasteiger partial charge is 0.497 e. The Balaban J connectivity index is 1.86. The van der Waals surface area contributed by atoms with E-state index in [-0.39, 0.29) is 11.3 Å². The number of hydrogen-bond donors (Lipinski definition) is 0. The number of benzene rings is 2. The number of allylic oxidation sites excluding steroid dienone is 1. The number of methoxy groups -OCH3 is 1. The fraction of sp³-hybridized carbons (Fsp3) is 0.190. The minimum atomic E-state index is -1.05. The van der Waals surface area contributed by atoms with E-state index in [1.165, 1.54) is 17.8 Å². The van der Waals surface area contributed by atoms with Crippen molar-refractivity contribution >= 4 is 17.5 Å². The van der Waals surface area contributed by atoms with E-state index in [9.17, 15) is 13.6 Å². The SMILES string of the molecule is C=CCn1c(SC(C)C(=O)c2ccc(F)c(F)c2)nnc1-c1ccc(OC)cc1. The molecule has 0 aliphatic rings. The van der Waals surface area contributed by atoms with E-state index in [0.29, 0.717) is 17.5 Å². The summed E-state index contributed by atoms with van der Waals surface area (Å²) >= 11 is 1.20. The fourth-order valence-corrected chi connectivity index (χ4v) is 3.65. The molecule has 0 bridgehead atoms. The molecule has 0 fully saturated rings. The van der Waals surface area contributed by atoms with Gasteiger partial charge in [-0.25, -0.2) is 8.78 Å². The molecule has 29 heavy (non-hydrogen) atoms. The van der Waals surface area contributed by atoms with Gasteiger partial charge in [0.1, 0.15) is 5.75 Å². The number of carbonyl (C=O) groups is 1. The van der Waals surface area contributed by atoms with Crippen LogP contribution in [0.15, 0.2) is 60.3 Å². The van der Waals surface area contributed by atoms with Gasteiger partial charge in [-0.2, -0.15) is 0 Å². The first kappa shape index (κ1) is 20.7. The van der Waals surface area contributed by atoms with E-state index in [1.54, 1.807) is 20.1 Å². The van der Waals surface area contributed by atoms with E-state index in [0.717, 1.165) is 23.4 Å². The lowest BCUT2D eigenvalue weighted by Crippen LogP contribution is -2.15. The monoisotopic (exact) mass is 415 g/mol. The third-order valence-corrected chi connectivity index (χ3v) is 5.31. The Morgan fingerprint density at radius 1 is 1.21 bits per heavy atom. The first-order valence-corrected chi connectivity index (χ1v) is 9.67. The van der Waals surface area contributed by atoms with Crippen molar-refractivity contribution in [2.24, 2.45) is 0 Å². The maximum absolute atomic E-state index is 13.5. The second kappa shape index (κ2) is 9.00. The Morgan fingerprint density at radius 3 is 2.55 bits per heavy atom. The lowest BCUT2D eigenvalue weighted by molar-refractivity contribution is 0.0993. The second-order valence-electron chi connectivity index (χ2n) is 6.19. The van der Waals surface area contributed by atoms with Crippen LogP contribution in [0.25, 0.3) is 11.4 Å². The summed E-state index contributed by atoms with van der Waals surface area (Å²) in [5.74, 6) is -1.01. The molecule has 5 nitrogen and oxygen atoms in total. The van der Waals surface area contributed by atoms with Crippen LogP contribution in [0.2, 0.25) is 0 Å². The number of nitrogens with zero attached hydrogens (tertiary/aromatic N) is 3. The van der Waals surface area contributed by atoms with Crippen LogP contribution in [-0.2, 0) is 6.54 Å². The van der Waals surface area contributed by atoms with Crippen LogP contribution in [0.1, 0.15) is 17.3 Å². The number of ketones is 1. The molecule has 0 spiro atoms. The molecule has 8 heteroatoms. The van der Waals surface area contributed by atoms with Crippen LogP contribution in [0.5, 0.6) is 5.75 Å². The van der Waals surface area contributed by atoms with Gasteiger partial charge in [-0.05, 0) is 49.4 Å². The summed E-state index contributed by atoms with van der Waals surface area (Å²) in [6, 6.07) is 10.5. The van der Waals surface area contributed by atoms with Gasteiger partial charge in [-0.3, -0.25) is 9.36 Å². The van der Waals surface area contributed by atoms with Crippen molar-refractivity contribution in [3.63, 3.8) is 0 Å². The average Bonchev–Trinajstić information content (AvgIpc) is 3.12. The second-order valence-corrected chi connectivity index (χ2v) is 7.50. The Morgan fingerprint density at radius 2 is 1.93 bits per heavy atom. The highest BCUT2D eigenvalue weighted by molar-refractivity contribution is 8.00. The van der Waals surface area contributed by atoms with Gasteiger partial charge in [-0.15, -0.1) is 16.8 Å². The molecule has 1 heterocycles. The van der Waals surface area contributed by atoms with Crippen molar-refractivity contribution in [2.45, 2.75) is 23.9 Å². The summed E-state index contributed by atoms with van der Waals surface area (Å²) in [5.41, 5.74) is 0.945.